The molecule has 1 amide bonds. The standard InChI is InChI=1S/C19H25N3O4/c1-5-26-18(24)15-16(12(2)3)22-14-9-7-6-8-13(14)20-19(22)21(17(15)23)10-11-25-4/h6-9,12,15-16H,5,10-11H2,1-4H3/t15-,16-/m1/s1. The number of esters is 1. The Hall–Kier alpha value is -2.41. The molecule has 0 N–H and O–H groups in total. The first-order valence-electron chi connectivity index (χ1n) is 8.95. The van der Waals surface area contributed by atoms with E-state index >= 15 is 0 Å². The van der Waals surface area contributed by atoms with E-state index < -0.39 is 11.9 Å². The highest BCUT2D eigenvalue weighted by Crippen LogP contribution is 2.41. The second-order valence-electron chi connectivity index (χ2n) is 6.72. The molecule has 0 spiro atoms. The molecule has 0 unspecified atom stereocenters. The molecule has 7 nitrogen and oxygen atoms in total. The number of para-hydroxylation sites is 2. The third-order valence-corrected chi connectivity index (χ3v) is 4.73. The monoisotopic (exact) mass is 359 g/mol. The fourth-order valence-electron chi connectivity index (χ4n) is 3.63. The van der Waals surface area contributed by atoms with Crippen molar-refractivity contribution in [2.75, 3.05) is 31.8 Å². The van der Waals surface area contributed by atoms with Gasteiger partial charge in [0.15, 0.2) is 5.92 Å². The van der Waals surface area contributed by atoms with Crippen LogP contribution in [0.1, 0.15) is 26.8 Å². The van der Waals surface area contributed by atoms with E-state index in [0.29, 0.717) is 19.1 Å². The summed E-state index contributed by atoms with van der Waals surface area (Å²) >= 11 is 0. The lowest BCUT2D eigenvalue weighted by atomic mass is 9.87. The van der Waals surface area contributed by atoms with Crippen molar-refractivity contribution < 1.29 is 19.1 Å². The van der Waals surface area contributed by atoms with Crippen LogP contribution in [0.5, 0.6) is 0 Å². The number of aromatic nitrogens is 2. The van der Waals surface area contributed by atoms with E-state index in [4.69, 9.17) is 9.47 Å². The topological polar surface area (TPSA) is 73.7 Å². The second kappa shape index (κ2) is 7.45. The smallest absolute Gasteiger partial charge is 0.320 e. The summed E-state index contributed by atoms with van der Waals surface area (Å²) in [5, 5.41) is 0. The minimum absolute atomic E-state index is 0.0503. The Labute approximate surface area is 152 Å². The first kappa shape index (κ1) is 18.4. The van der Waals surface area contributed by atoms with E-state index in [9.17, 15) is 9.59 Å². The van der Waals surface area contributed by atoms with Gasteiger partial charge in [-0.15, -0.1) is 0 Å². The number of carbonyl (C=O) groups is 2. The Balaban J connectivity index is 2.21. The molecule has 26 heavy (non-hydrogen) atoms. The van der Waals surface area contributed by atoms with Crippen LogP contribution in [-0.4, -0.2) is 48.3 Å². The number of carbonyl (C=O) groups excluding carboxylic acids is 2. The summed E-state index contributed by atoms with van der Waals surface area (Å²) in [4.78, 5) is 32.1. The van der Waals surface area contributed by atoms with Gasteiger partial charge in [0.05, 0.1) is 36.8 Å². The van der Waals surface area contributed by atoms with Gasteiger partial charge in [-0.1, -0.05) is 26.0 Å². The van der Waals surface area contributed by atoms with Gasteiger partial charge in [-0.05, 0) is 25.0 Å². The van der Waals surface area contributed by atoms with Crippen molar-refractivity contribution in [2.24, 2.45) is 11.8 Å². The number of rotatable bonds is 6. The van der Waals surface area contributed by atoms with Crippen LogP contribution in [0.3, 0.4) is 0 Å². The molecule has 2 atom stereocenters. The molecule has 0 aliphatic carbocycles. The number of nitrogens with zero attached hydrogens (tertiary/aromatic N) is 3. The minimum Gasteiger partial charge on any atom is -0.465 e. The number of ether oxygens (including phenoxy) is 2. The minimum atomic E-state index is -0.892. The van der Waals surface area contributed by atoms with Crippen LogP contribution < -0.4 is 4.90 Å². The molecule has 2 heterocycles. The molecule has 0 bridgehead atoms. The molecule has 1 aliphatic rings. The predicted molar refractivity (Wildman–Crippen MR) is 98.0 cm³/mol. The van der Waals surface area contributed by atoms with Gasteiger partial charge in [-0.25, -0.2) is 4.98 Å². The van der Waals surface area contributed by atoms with Gasteiger partial charge in [0.25, 0.3) is 0 Å². The number of fused-ring (bicyclic) bond motifs is 3. The van der Waals surface area contributed by atoms with Gasteiger partial charge in [0, 0.05) is 7.11 Å². The number of hydrogen-bond donors (Lipinski definition) is 0. The lowest BCUT2D eigenvalue weighted by Crippen LogP contribution is -2.51. The predicted octanol–water partition coefficient (Wildman–Crippen LogP) is 2.41. The summed E-state index contributed by atoms with van der Waals surface area (Å²) in [7, 11) is 1.58. The van der Waals surface area contributed by atoms with Gasteiger partial charge >= 0.3 is 5.97 Å². The number of anilines is 1. The third kappa shape index (κ3) is 2.96. The molecule has 7 heteroatoms. The van der Waals surface area contributed by atoms with Crippen molar-refractivity contribution in [3.8, 4) is 0 Å². The normalized spacial score (nSPS) is 19.9. The zero-order valence-electron chi connectivity index (χ0n) is 15.6. The van der Waals surface area contributed by atoms with E-state index in [1.54, 1.807) is 18.9 Å². The second-order valence-corrected chi connectivity index (χ2v) is 6.72. The van der Waals surface area contributed by atoms with Crippen LogP contribution in [-0.2, 0) is 19.1 Å². The quantitative estimate of drug-likeness (QED) is 0.585. The highest BCUT2D eigenvalue weighted by Gasteiger charge is 2.48. The highest BCUT2D eigenvalue weighted by atomic mass is 16.5. The van der Waals surface area contributed by atoms with Gasteiger partial charge in [0.2, 0.25) is 11.9 Å². The molecular formula is C19H25N3O4. The number of methoxy groups -OCH3 is 1. The van der Waals surface area contributed by atoms with Gasteiger partial charge in [-0.2, -0.15) is 0 Å². The first-order chi connectivity index (χ1) is 12.5. The molecule has 140 valence electrons. The molecule has 1 aromatic heterocycles. The van der Waals surface area contributed by atoms with Gasteiger partial charge < -0.3 is 14.0 Å². The highest BCUT2D eigenvalue weighted by molar-refractivity contribution is 6.08. The summed E-state index contributed by atoms with van der Waals surface area (Å²) < 4.78 is 12.4. The maximum Gasteiger partial charge on any atom is 0.320 e. The molecule has 0 saturated carbocycles. The molecule has 1 aromatic carbocycles. The number of benzene rings is 1. The summed E-state index contributed by atoms with van der Waals surface area (Å²) in [5.74, 6) is -1.04. The maximum absolute atomic E-state index is 13.2. The van der Waals surface area contributed by atoms with E-state index in [1.165, 1.54) is 0 Å². The van der Waals surface area contributed by atoms with Crippen LogP contribution in [0.4, 0.5) is 5.95 Å². The van der Waals surface area contributed by atoms with E-state index in [0.717, 1.165) is 11.0 Å². The van der Waals surface area contributed by atoms with Crippen molar-refractivity contribution in [3.05, 3.63) is 24.3 Å². The zero-order chi connectivity index (χ0) is 18.8. The summed E-state index contributed by atoms with van der Waals surface area (Å²) in [6, 6.07) is 7.38. The Morgan fingerprint density at radius 2 is 2.04 bits per heavy atom. The Morgan fingerprint density at radius 3 is 2.69 bits per heavy atom. The molecule has 0 saturated heterocycles. The molecule has 1 aliphatic heterocycles. The molecule has 0 radical (unpaired) electrons. The number of amides is 1. The third-order valence-electron chi connectivity index (χ3n) is 4.73. The fourth-order valence-corrected chi connectivity index (χ4v) is 3.63. The molecular weight excluding hydrogens is 334 g/mol. The van der Waals surface area contributed by atoms with Crippen molar-refractivity contribution in [1.82, 2.24) is 9.55 Å². The van der Waals surface area contributed by atoms with Crippen molar-refractivity contribution in [2.45, 2.75) is 26.8 Å². The van der Waals surface area contributed by atoms with Crippen molar-refractivity contribution in [1.29, 1.82) is 0 Å². The van der Waals surface area contributed by atoms with Crippen LogP contribution >= 0.6 is 0 Å². The summed E-state index contributed by atoms with van der Waals surface area (Å²) in [6.45, 7) is 6.69. The van der Waals surface area contributed by atoms with Crippen LogP contribution in [0, 0.1) is 11.8 Å². The van der Waals surface area contributed by atoms with Crippen LogP contribution in [0.2, 0.25) is 0 Å². The lowest BCUT2D eigenvalue weighted by Gasteiger charge is -2.39. The van der Waals surface area contributed by atoms with Crippen molar-refractivity contribution in [3.63, 3.8) is 0 Å². The zero-order valence-corrected chi connectivity index (χ0v) is 15.6. The lowest BCUT2D eigenvalue weighted by molar-refractivity contribution is -0.154. The average Bonchev–Trinajstić information content (AvgIpc) is 2.99. The SMILES string of the molecule is CCOC(=O)[C@H]1C(=O)N(CCOC)c2nc3ccccc3n2[C@@H]1C(C)C. The maximum atomic E-state index is 13.2. The Bertz CT molecular complexity index is 814. The number of hydrogen-bond acceptors (Lipinski definition) is 5. The van der Waals surface area contributed by atoms with E-state index in [1.807, 2.05) is 42.7 Å². The average molecular weight is 359 g/mol. The van der Waals surface area contributed by atoms with Crippen LogP contribution in [0.15, 0.2) is 24.3 Å². The van der Waals surface area contributed by atoms with Gasteiger partial charge in [0.1, 0.15) is 0 Å². The fraction of sp³-hybridized carbons (Fsp3) is 0.526. The summed E-state index contributed by atoms with van der Waals surface area (Å²) in [6.07, 6.45) is 0. The van der Waals surface area contributed by atoms with E-state index in [2.05, 4.69) is 4.98 Å². The molecule has 2 aromatic rings. The van der Waals surface area contributed by atoms with Crippen molar-refractivity contribution >= 4 is 28.9 Å². The summed E-state index contributed by atoms with van der Waals surface area (Å²) in [5.41, 5.74) is 1.71. The number of imidazole rings is 1. The largest absolute Gasteiger partial charge is 0.465 e. The van der Waals surface area contributed by atoms with Crippen LogP contribution in [0.25, 0.3) is 11.0 Å². The Morgan fingerprint density at radius 1 is 1.31 bits per heavy atom. The molecule has 0 fully saturated rings. The Kier molecular flexibility index (Phi) is 5.27. The molecule has 3 rings (SSSR count). The van der Waals surface area contributed by atoms with E-state index in [-0.39, 0.29) is 24.5 Å². The first-order valence-corrected chi connectivity index (χ1v) is 8.95. The van der Waals surface area contributed by atoms with Gasteiger partial charge in [-0.3, -0.25) is 14.5 Å².